The maximum absolute atomic E-state index is 13.2. The van der Waals surface area contributed by atoms with Crippen molar-refractivity contribution in [2.24, 2.45) is 5.92 Å². The lowest BCUT2D eigenvalue weighted by Crippen LogP contribution is -2.48. The lowest BCUT2D eigenvalue weighted by atomic mass is 10.0. The van der Waals surface area contributed by atoms with Crippen molar-refractivity contribution < 1.29 is 32.4 Å². The van der Waals surface area contributed by atoms with Gasteiger partial charge < -0.3 is 29.5 Å². The van der Waals surface area contributed by atoms with Gasteiger partial charge in [0, 0.05) is 30.8 Å². The minimum absolute atomic E-state index is 0.0409. The number of aryl methyl sites for hydroxylation is 2. The van der Waals surface area contributed by atoms with Crippen LogP contribution in [0.4, 0.5) is 16.2 Å². The molecule has 1 aromatic carbocycles. The van der Waals surface area contributed by atoms with E-state index in [2.05, 4.69) is 15.2 Å². The zero-order valence-electron chi connectivity index (χ0n) is 21.9. The number of aliphatic hydroxyl groups is 1. The quantitative estimate of drug-likeness (QED) is 0.484. The second-order valence-electron chi connectivity index (χ2n) is 9.59. The van der Waals surface area contributed by atoms with Gasteiger partial charge >= 0.3 is 6.03 Å². The summed E-state index contributed by atoms with van der Waals surface area (Å²) in [5, 5.41) is 16.4. The summed E-state index contributed by atoms with van der Waals surface area (Å²) in [4.78, 5) is 29.2. The van der Waals surface area contributed by atoms with E-state index in [4.69, 9.17) is 9.26 Å². The molecule has 3 N–H and O–H groups in total. The first-order chi connectivity index (χ1) is 17.3. The molecule has 3 atom stereocenters. The van der Waals surface area contributed by atoms with Crippen molar-refractivity contribution >= 4 is 33.3 Å². The van der Waals surface area contributed by atoms with Gasteiger partial charge in [0.15, 0.2) is 5.76 Å². The molecule has 204 valence electrons. The average Bonchev–Trinajstić information content (AvgIpc) is 3.14. The number of nitrogens with zero attached hydrogens (tertiary/aromatic N) is 3. The maximum atomic E-state index is 13.2. The maximum Gasteiger partial charge on any atom is 0.321 e. The van der Waals surface area contributed by atoms with E-state index in [-0.39, 0.29) is 37.4 Å². The van der Waals surface area contributed by atoms with Crippen LogP contribution in [0.3, 0.4) is 0 Å². The van der Waals surface area contributed by atoms with E-state index >= 15 is 0 Å². The summed E-state index contributed by atoms with van der Waals surface area (Å²) in [7, 11) is -1.89. The zero-order valence-corrected chi connectivity index (χ0v) is 22.8. The van der Waals surface area contributed by atoms with E-state index in [0.29, 0.717) is 40.7 Å². The molecule has 2 heterocycles. The Bertz CT molecular complexity index is 1230. The number of anilines is 2. The molecule has 0 saturated carbocycles. The number of carbonyl (C=O) groups is 2. The Morgan fingerprint density at radius 2 is 2.05 bits per heavy atom. The number of carbonyl (C=O) groups excluding carboxylic acids is 2. The highest BCUT2D eigenvalue weighted by Crippen LogP contribution is 2.29. The van der Waals surface area contributed by atoms with Crippen LogP contribution in [0.2, 0.25) is 0 Å². The van der Waals surface area contributed by atoms with Crippen molar-refractivity contribution in [2.75, 3.05) is 43.0 Å². The molecule has 3 rings (SSSR count). The van der Waals surface area contributed by atoms with Crippen molar-refractivity contribution in [3.05, 3.63) is 35.2 Å². The Morgan fingerprint density at radius 1 is 1.35 bits per heavy atom. The number of aromatic nitrogens is 1. The summed E-state index contributed by atoms with van der Waals surface area (Å²) >= 11 is 0. The Balaban J connectivity index is 1.91. The van der Waals surface area contributed by atoms with E-state index in [1.807, 2.05) is 6.92 Å². The van der Waals surface area contributed by atoms with Gasteiger partial charge in [-0.2, -0.15) is 0 Å². The molecule has 1 aromatic heterocycles. The number of urea groups is 1. The largest absolute Gasteiger partial charge is 0.488 e. The van der Waals surface area contributed by atoms with E-state index in [1.165, 1.54) is 4.90 Å². The molecule has 0 spiro atoms. The Hall–Kier alpha value is -3.32. The third-order valence-electron chi connectivity index (χ3n) is 6.29. The molecule has 13 heteroatoms. The lowest BCUT2D eigenvalue weighted by molar-refractivity contribution is -0.134. The summed E-state index contributed by atoms with van der Waals surface area (Å²) in [6.45, 7) is 7.38. The Morgan fingerprint density at radius 3 is 2.65 bits per heavy atom. The van der Waals surface area contributed by atoms with Crippen LogP contribution < -0.4 is 14.8 Å². The number of hydrogen-bond donors (Lipinski definition) is 3. The first-order valence-corrected chi connectivity index (χ1v) is 13.8. The third kappa shape index (κ3) is 7.13. The number of likely N-dealkylation sites (N-methyl/N-ethyl adjacent to an activating group) is 1. The van der Waals surface area contributed by atoms with Gasteiger partial charge in [-0.05, 0) is 39.0 Å². The third-order valence-corrected chi connectivity index (χ3v) is 6.89. The molecule has 0 radical (unpaired) electrons. The summed E-state index contributed by atoms with van der Waals surface area (Å²) in [6, 6.07) is 3.93. The van der Waals surface area contributed by atoms with Gasteiger partial charge in [-0.1, -0.05) is 12.1 Å². The van der Waals surface area contributed by atoms with Crippen LogP contribution in [-0.2, 0) is 21.2 Å². The highest BCUT2D eigenvalue weighted by molar-refractivity contribution is 7.92. The topological polar surface area (TPSA) is 154 Å². The van der Waals surface area contributed by atoms with Gasteiger partial charge in [-0.3, -0.25) is 9.52 Å². The lowest BCUT2D eigenvalue weighted by Gasteiger charge is -2.34. The highest BCUT2D eigenvalue weighted by atomic mass is 32.2. The van der Waals surface area contributed by atoms with Crippen molar-refractivity contribution in [1.29, 1.82) is 0 Å². The summed E-state index contributed by atoms with van der Waals surface area (Å²) in [5.74, 6) is 0.472. The fourth-order valence-corrected chi connectivity index (χ4v) is 4.70. The van der Waals surface area contributed by atoms with Crippen LogP contribution in [0.15, 0.2) is 22.7 Å². The number of amides is 3. The van der Waals surface area contributed by atoms with E-state index in [9.17, 15) is 23.1 Å². The number of fused-ring (bicyclic) bond motifs is 1. The fraction of sp³-hybridized carbons (Fsp3) is 0.542. The summed E-state index contributed by atoms with van der Waals surface area (Å²) < 4.78 is 37.3. The molecule has 37 heavy (non-hydrogen) atoms. The van der Waals surface area contributed by atoms with E-state index in [0.717, 1.165) is 6.26 Å². The molecule has 0 saturated heterocycles. The van der Waals surface area contributed by atoms with Gasteiger partial charge in [-0.15, -0.1) is 0 Å². The molecule has 0 fully saturated rings. The Labute approximate surface area is 217 Å². The van der Waals surface area contributed by atoms with Crippen LogP contribution in [-0.4, -0.2) is 85.6 Å². The van der Waals surface area contributed by atoms with Crippen molar-refractivity contribution in [1.82, 2.24) is 15.0 Å². The number of hydrogen-bond acceptors (Lipinski definition) is 8. The predicted molar refractivity (Wildman–Crippen MR) is 138 cm³/mol. The Kier molecular flexibility index (Phi) is 8.69. The van der Waals surface area contributed by atoms with Gasteiger partial charge in [0.25, 0.3) is 0 Å². The van der Waals surface area contributed by atoms with Gasteiger partial charge in [0.2, 0.25) is 15.9 Å². The molecule has 3 amide bonds. The molecule has 0 unspecified atom stereocenters. The molecule has 0 bridgehead atoms. The average molecular weight is 538 g/mol. The van der Waals surface area contributed by atoms with Crippen LogP contribution in [0.1, 0.15) is 30.9 Å². The molecular formula is C24H35N5O7S. The second-order valence-corrected chi connectivity index (χ2v) is 11.3. The van der Waals surface area contributed by atoms with Crippen LogP contribution in [0.5, 0.6) is 5.75 Å². The molecule has 1 aliphatic rings. The minimum atomic E-state index is -3.52. The number of sulfonamides is 1. The number of ether oxygens (including phenoxy) is 1. The van der Waals surface area contributed by atoms with Gasteiger partial charge in [0.1, 0.15) is 23.2 Å². The monoisotopic (exact) mass is 537 g/mol. The molecule has 2 aromatic rings. The fourth-order valence-electron chi connectivity index (χ4n) is 4.14. The smallest absolute Gasteiger partial charge is 0.321 e. The van der Waals surface area contributed by atoms with Crippen LogP contribution in [0.25, 0.3) is 0 Å². The highest BCUT2D eigenvalue weighted by Gasteiger charge is 2.32. The van der Waals surface area contributed by atoms with Gasteiger partial charge in [-0.25, -0.2) is 13.2 Å². The molecule has 1 aliphatic heterocycles. The van der Waals surface area contributed by atoms with Crippen molar-refractivity contribution in [3.8, 4) is 5.75 Å². The number of rotatable bonds is 7. The first-order valence-electron chi connectivity index (χ1n) is 11.9. The molecule has 12 nitrogen and oxygen atoms in total. The number of aliphatic hydroxyl groups excluding tert-OH is 1. The molecule has 0 aliphatic carbocycles. The van der Waals surface area contributed by atoms with Crippen molar-refractivity contribution in [3.63, 3.8) is 0 Å². The first kappa shape index (κ1) is 28.3. The van der Waals surface area contributed by atoms with Crippen molar-refractivity contribution in [2.45, 2.75) is 46.3 Å². The standard InChI is InChI=1S/C24H35N5O7S/c1-14-11-29(15(2)13-30)22(31)10-18-9-19(27-37(6,33)34)7-8-20(18)35-21(14)12-28(5)24(32)25-23-16(3)26-36-17(23)4/h7-9,14-15,21,27,30H,10-13H2,1-6H3,(H,25,32)/t14-,15+,21+/m1/s1. The zero-order chi connectivity index (χ0) is 27.5. The number of benzene rings is 1. The molecular weight excluding hydrogens is 502 g/mol. The summed E-state index contributed by atoms with van der Waals surface area (Å²) in [6.07, 6.45) is 0.482. The predicted octanol–water partition coefficient (Wildman–Crippen LogP) is 1.98. The summed E-state index contributed by atoms with van der Waals surface area (Å²) in [5.41, 5.74) is 1.87. The van der Waals surface area contributed by atoms with Gasteiger partial charge in [0.05, 0.1) is 31.9 Å². The normalized spacial score (nSPS) is 19.1. The van der Waals surface area contributed by atoms with Crippen LogP contribution in [0, 0.1) is 19.8 Å². The van der Waals surface area contributed by atoms with Crippen LogP contribution >= 0.6 is 0 Å². The van der Waals surface area contributed by atoms with E-state index < -0.39 is 22.2 Å². The SMILES string of the molecule is Cc1noc(C)c1NC(=O)N(C)C[C@@H]1Oc2ccc(NS(C)(=O)=O)cc2CC(=O)N([C@@H](C)CO)C[C@H]1C. The second kappa shape index (κ2) is 11.4. The minimum Gasteiger partial charge on any atom is -0.488 e. The number of nitrogens with one attached hydrogen (secondary N) is 2. The van der Waals surface area contributed by atoms with E-state index in [1.54, 1.807) is 50.9 Å².